The summed E-state index contributed by atoms with van der Waals surface area (Å²) in [7, 11) is -4.41. The van der Waals surface area contributed by atoms with E-state index in [-0.39, 0.29) is 52.9 Å². The van der Waals surface area contributed by atoms with Crippen LogP contribution in [0.2, 0.25) is 0 Å². The topological polar surface area (TPSA) is 113 Å². The van der Waals surface area contributed by atoms with Gasteiger partial charge in [-0.15, -0.1) is 0 Å². The second kappa shape index (κ2) is 10.3. The van der Waals surface area contributed by atoms with Crippen LogP contribution in [0.5, 0.6) is 5.75 Å². The number of hydrogen-bond donors (Lipinski definition) is 1. The fourth-order valence-electron chi connectivity index (χ4n) is 3.59. The van der Waals surface area contributed by atoms with Crippen molar-refractivity contribution in [2.45, 2.75) is 37.4 Å². The molecule has 1 N–H and O–H groups in total. The number of sulfonamides is 1. The Bertz CT molecular complexity index is 1370. The minimum Gasteiger partial charge on any atom is -0.542 e. The molecule has 1 amide bonds. The maximum Gasteiger partial charge on any atom is 1.00 e. The van der Waals surface area contributed by atoms with Crippen molar-refractivity contribution in [3.63, 3.8) is 0 Å². The second-order valence-electron chi connectivity index (χ2n) is 7.51. The van der Waals surface area contributed by atoms with Crippen molar-refractivity contribution in [3.05, 3.63) is 64.0 Å². The SMILES string of the molecule is CCC(=O)[N-]S(=O)(=O)c1ccc(-n2nc(C(F)(F)F)cc2-c2ccc3c(c2)CCO3)cc1CO.[Na+]. The Balaban J connectivity index is 0.00000342. The van der Waals surface area contributed by atoms with Crippen LogP contribution in [0.25, 0.3) is 21.7 Å². The molecule has 8 nitrogen and oxygen atoms in total. The summed E-state index contributed by atoms with van der Waals surface area (Å²) in [6.07, 6.45) is -4.23. The number of hydrogen-bond acceptors (Lipinski definition) is 6. The number of amides is 1. The van der Waals surface area contributed by atoms with Crippen molar-refractivity contribution in [3.8, 4) is 22.7 Å². The van der Waals surface area contributed by atoms with Crippen LogP contribution in [0.15, 0.2) is 47.4 Å². The molecule has 35 heavy (non-hydrogen) atoms. The fourth-order valence-corrected chi connectivity index (χ4v) is 4.78. The van der Waals surface area contributed by atoms with Gasteiger partial charge in [-0.05, 0) is 60.0 Å². The number of carbonyl (C=O) groups is 1. The molecule has 0 radical (unpaired) electrons. The van der Waals surface area contributed by atoms with E-state index in [9.17, 15) is 31.5 Å². The summed E-state index contributed by atoms with van der Waals surface area (Å²) in [5.74, 6) is -0.203. The molecule has 0 bridgehead atoms. The molecule has 1 aliphatic rings. The van der Waals surface area contributed by atoms with Gasteiger partial charge in [-0.1, -0.05) is 6.92 Å². The predicted molar refractivity (Wildman–Crippen MR) is 115 cm³/mol. The molecule has 1 aromatic heterocycles. The van der Waals surface area contributed by atoms with E-state index in [1.807, 2.05) is 0 Å². The summed E-state index contributed by atoms with van der Waals surface area (Å²) in [4.78, 5) is 11.1. The molecule has 0 atom stereocenters. The number of fused-ring (bicyclic) bond motifs is 1. The monoisotopic (exact) mass is 517 g/mol. The van der Waals surface area contributed by atoms with Gasteiger partial charge in [0.25, 0.3) is 0 Å². The van der Waals surface area contributed by atoms with Crippen LogP contribution >= 0.6 is 0 Å². The maximum absolute atomic E-state index is 13.5. The molecular weight excluding hydrogens is 498 g/mol. The second-order valence-corrected chi connectivity index (χ2v) is 9.08. The van der Waals surface area contributed by atoms with Gasteiger partial charge in [0.2, 0.25) is 0 Å². The molecule has 2 aromatic carbocycles. The first-order valence-corrected chi connectivity index (χ1v) is 11.7. The Kier molecular flexibility index (Phi) is 8.02. The van der Waals surface area contributed by atoms with Crippen molar-refractivity contribution < 1.29 is 65.8 Å². The van der Waals surface area contributed by atoms with E-state index in [1.54, 1.807) is 18.2 Å². The molecule has 0 unspecified atom stereocenters. The van der Waals surface area contributed by atoms with Gasteiger partial charge < -0.3 is 19.4 Å². The number of halogens is 3. The first-order chi connectivity index (χ1) is 16.0. The number of alkyl halides is 3. The van der Waals surface area contributed by atoms with Crippen LogP contribution in [-0.4, -0.2) is 35.8 Å². The summed E-state index contributed by atoms with van der Waals surface area (Å²) in [5, 5.41) is 13.5. The molecule has 13 heteroatoms. The van der Waals surface area contributed by atoms with Crippen LogP contribution in [0, 0.1) is 0 Å². The van der Waals surface area contributed by atoms with Crippen molar-refractivity contribution in [2.24, 2.45) is 0 Å². The zero-order chi connectivity index (χ0) is 24.7. The van der Waals surface area contributed by atoms with Crippen LogP contribution < -0.4 is 34.3 Å². The van der Waals surface area contributed by atoms with Crippen molar-refractivity contribution in [1.82, 2.24) is 9.78 Å². The van der Waals surface area contributed by atoms with E-state index in [4.69, 9.17) is 4.74 Å². The van der Waals surface area contributed by atoms with E-state index >= 15 is 0 Å². The number of carbonyl (C=O) groups excluding carboxylic acids is 1. The molecule has 2 heterocycles. The zero-order valence-electron chi connectivity index (χ0n) is 18.8. The summed E-state index contributed by atoms with van der Waals surface area (Å²) in [5.41, 5.74) is 0.239. The third-order valence-corrected chi connectivity index (χ3v) is 6.64. The largest absolute Gasteiger partial charge is 1.00 e. The first-order valence-electron chi connectivity index (χ1n) is 10.2. The van der Waals surface area contributed by atoms with E-state index in [2.05, 4.69) is 9.82 Å². The van der Waals surface area contributed by atoms with Gasteiger partial charge in [0.05, 0.1) is 35.4 Å². The van der Waals surface area contributed by atoms with Gasteiger partial charge in [-0.2, -0.15) is 18.3 Å². The first kappa shape index (κ1) is 27.2. The van der Waals surface area contributed by atoms with Crippen LogP contribution in [0.3, 0.4) is 0 Å². The summed E-state index contributed by atoms with van der Waals surface area (Å²) in [6.45, 7) is 1.17. The molecule has 0 spiro atoms. The van der Waals surface area contributed by atoms with Crippen molar-refractivity contribution in [2.75, 3.05) is 6.61 Å². The third-order valence-electron chi connectivity index (χ3n) is 5.25. The average Bonchev–Trinajstić information content (AvgIpc) is 3.44. The van der Waals surface area contributed by atoms with Crippen molar-refractivity contribution in [1.29, 1.82) is 0 Å². The number of benzene rings is 2. The molecule has 0 aliphatic carbocycles. The summed E-state index contributed by atoms with van der Waals surface area (Å²) >= 11 is 0. The molecule has 0 saturated heterocycles. The molecular formula is C22H19F3N3NaO5S. The number of nitrogens with zero attached hydrogens (tertiary/aromatic N) is 3. The van der Waals surface area contributed by atoms with Crippen LogP contribution in [0.1, 0.15) is 30.2 Å². The third kappa shape index (κ3) is 5.56. The van der Waals surface area contributed by atoms with E-state index in [0.29, 0.717) is 24.3 Å². The fraction of sp³-hybridized carbons (Fsp3) is 0.273. The Hall–Kier alpha value is -2.38. The number of aliphatic hydroxyl groups excluding tert-OH is 1. The number of aliphatic hydroxyl groups is 1. The zero-order valence-corrected chi connectivity index (χ0v) is 21.7. The Labute approximate surface area is 221 Å². The van der Waals surface area contributed by atoms with Gasteiger partial charge in [0.15, 0.2) is 5.69 Å². The van der Waals surface area contributed by atoms with Crippen LogP contribution in [-0.2, 0) is 34.0 Å². The van der Waals surface area contributed by atoms with Crippen molar-refractivity contribution >= 4 is 15.9 Å². The normalized spacial score (nSPS) is 13.1. The number of ether oxygens (including phenoxy) is 1. The van der Waals surface area contributed by atoms with Crippen LogP contribution in [0.4, 0.5) is 13.2 Å². The van der Waals surface area contributed by atoms with Gasteiger partial charge in [0, 0.05) is 12.0 Å². The van der Waals surface area contributed by atoms with Gasteiger partial charge in [-0.3, -0.25) is 0 Å². The minimum absolute atomic E-state index is 0. The average molecular weight is 517 g/mol. The molecule has 180 valence electrons. The predicted octanol–water partition coefficient (Wildman–Crippen LogP) is 0.988. The summed E-state index contributed by atoms with van der Waals surface area (Å²) in [6, 6.07) is 9.42. The number of rotatable bonds is 6. The van der Waals surface area contributed by atoms with Gasteiger partial charge in [-0.25, -0.2) is 13.1 Å². The molecule has 0 saturated carbocycles. The Morgan fingerprint density at radius 2 is 1.94 bits per heavy atom. The number of aromatic nitrogens is 2. The minimum atomic E-state index is -4.72. The maximum atomic E-state index is 13.5. The molecule has 0 fully saturated rings. The van der Waals surface area contributed by atoms with E-state index < -0.39 is 39.3 Å². The quantitative estimate of drug-likeness (QED) is 0.488. The Morgan fingerprint density at radius 3 is 2.60 bits per heavy atom. The van der Waals surface area contributed by atoms with E-state index in [1.165, 1.54) is 19.1 Å². The van der Waals surface area contributed by atoms with Gasteiger partial charge >= 0.3 is 35.7 Å². The summed E-state index contributed by atoms with van der Waals surface area (Å²) < 4.78 is 75.1. The molecule has 3 aromatic rings. The Morgan fingerprint density at radius 1 is 1.20 bits per heavy atom. The smallest absolute Gasteiger partial charge is 0.542 e. The van der Waals surface area contributed by atoms with E-state index in [0.717, 1.165) is 22.4 Å². The molecule has 1 aliphatic heterocycles. The molecule has 4 rings (SSSR count). The standard InChI is InChI=1S/C22H20F3N3O5S.Na/c1-2-21(30)27-34(31,32)19-6-4-16(10-15(19)12-29)28-17(11-20(26-28)22(23,24)25)13-3-5-18-14(9-13)7-8-33-18;/h3-6,9-11,29H,2,7-8,12H2,1H3,(H,27,30);/q;+1/p-1. The van der Waals surface area contributed by atoms with Gasteiger partial charge in [0.1, 0.15) is 15.8 Å².